The summed E-state index contributed by atoms with van der Waals surface area (Å²) >= 11 is 0. The Morgan fingerprint density at radius 2 is 2.00 bits per heavy atom. The maximum Gasteiger partial charge on any atom is 0.292 e. The van der Waals surface area contributed by atoms with Gasteiger partial charge in [-0.3, -0.25) is 9.59 Å². The Labute approximate surface area is 158 Å². The van der Waals surface area contributed by atoms with E-state index >= 15 is 0 Å². The Hall–Kier alpha value is -2.36. The first-order chi connectivity index (χ1) is 12.1. The summed E-state index contributed by atoms with van der Waals surface area (Å²) in [5, 5.41) is 12.7. The highest BCUT2D eigenvalue weighted by Gasteiger charge is 2.36. The minimum atomic E-state index is -0.548. The number of amides is 1. The van der Waals surface area contributed by atoms with Crippen molar-refractivity contribution in [3.63, 3.8) is 0 Å². The summed E-state index contributed by atoms with van der Waals surface area (Å²) in [5.41, 5.74) is 1.66. The van der Waals surface area contributed by atoms with Crippen LogP contribution < -0.4 is 5.32 Å². The minimum Gasteiger partial charge on any atom is -0.350 e. The van der Waals surface area contributed by atoms with Gasteiger partial charge in [-0.05, 0) is 50.0 Å². The van der Waals surface area contributed by atoms with Crippen LogP contribution in [0.25, 0.3) is 10.9 Å². The summed E-state index contributed by atoms with van der Waals surface area (Å²) in [5.74, 6) is -0.606. The van der Waals surface area contributed by atoms with Crippen molar-refractivity contribution in [3.05, 3.63) is 35.5 Å². The van der Waals surface area contributed by atoms with E-state index in [9.17, 15) is 9.59 Å². The quantitative estimate of drug-likeness (QED) is 0.659. The number of halogens is 1. The number of benzene rings is 1. The first-order valence-corrected chi connectivity index (χ1v) is 8.63. The smallest absolute Gasteiger partial charge is 0.292 e. The highest BCUT2D eigenvalue weighted by atomic mass is 35.5. The van der Waals surface area contributed by atoms with E-state index in [-0.39, 0.29) is 18.4 Å². The first-order valence-electron chi connectivity index (χ1n) is 8.63. The highest BCUT2D eigenvalue weighted by Crippen LogP contribution is 2.28. The third kappa shape index (κ3) is 3.09. The Kier molecular flexibility index (Phi) is 5.03. The molecule has 1 N–H and O–H groups in total. The van der Waals surface area contributed by atoms with Gasteiger partial charge in [0, 0.05) is 36.7 Å². The molecule has 7 heteroatoms. The molecule has 136 valence electrons. The number of fused-ring (bicyclic) bond motifs is 4. The Balaban J connectivity index is 0.00000196. The maximum absolute atomic E-state index is 12.7. The minimum absolute atomic E-state index is 0. The molecule has 0 spiro atoms. The van der Waals surface area contributed by atoms with E-state index < -0.39 is 11.7 Å². The average Bonchev–Trinajstić information content (AvgIpc) is 2.98. The molecule has 0 aliphatic carbocycles. The molecule has 3 fully saturated rings. The van der Waals surface area contributed by atoms with Crippen molar-refractivity contribution in [2.75, 3.05) is 19.6 Å². The summed E-state index contributed by atoms with van der Waals surface area (Å²) in [4.78, 5) is 27.6. The van der Waals surface area contributed by atoms with Crippen molar-refractivity contribution >= 4 is 35.0 Å². The molecule has 2 bridgehead atoms. The number of carbonyl (C=O) groups is 2. The molecular weight excluding hydrogens is 352 g/mol. The lowest BCUT2D eigenvalue weighted by Gasteiger charge is -2.44. The number of aryl methyl sites for hydroxylation is 1. The molecule has 1 unspecified atom stereocenters. The standard InChI is InChI=1S/C19H20N4O2.ClH/c1-22-10-15(14-8-12(9-20)2-3-17(14)22)18(24)19(25)21-16-11-23-6-4-13(16)5-7-23;/h2-3,8,10,13,16H,4-7,11H2,1H3,(H,21,25);1H. The van der Waals surface area contributed by atoms with Crippen molar-refractivity contribution < 1.29 is 9.59 Å². The van der Waals surface area contributed by atoms with Gasteiger partial charge in [-0.1, -0.05) is 0 Å². The molecule has 3 aliphatic heterocycles. The van der Waals surface area contributed by atoms with Gasteiger partial charge in [0.1, 0.15) is 0 Å². The van der Waals surface area contributed by atoms with Crippen LogP contribution in [0.2, 0.25) is 0 Å². The van der Waals surface area contributed by atoms with Gasteiger partial charge in [-0.2, -0.15) is 5.26 Å². The number of Topliss-reactive ketones (excluding diaryl/α,β-unsaturated/α-hetero) is 1. The molecule has 1 atom stereocenters. The van der Waals surface area contributed by atoms with E-state index in [2.05, 4.69) is 16.3 Å². The predicted molar refractivity (Wildman–Crippen MR) is 100 cm³/mol. The third-order valence-corrected chi connectivity index (χ3v) is 5.54. The number of hydrogen-bond donors (Lipinski definition) is 1. The molecule has 1 aromatic heterocycles. The van der Waals surface area contributed by atoms with Crippen LogP contribution in [0.15, 0.2) is 24.4 Å². The molecule has 6 nitrogen and oxygen atoms in total. The second kappa shape index (κ2) is 7.10. The number of nitriles is 1. The average molecular weight is 373 g/mol. The number of ketones is 1. The highest BCUT2D eigenvalue weighted by molar-refractivity contribution is 6.45. The second-order valence-electron chi connectivity index (χ2n) is 7.04. The van der Waals surface area contributed by atoms with Crippen LogP contribution in [0, 0.1) is 17.2 Å². The molecule has 3 aliphatic rings. The number of aromatic nitrogens is 1. The molecular formula is C19H21ClN4O2. The molecule has 4 heterocycles. The van der Waals surface area contributed by atoms with Gasteiger partial charge in [0.15, 0.2) is 0 Å². The van der Waals surface area contributed by atoms with Crippen LogP contribution in [0.1, 0.15) is 28.8 Å². The van der Waals surface area contributed by atoms with Gasteiger partial charge in [0.2, 0.25) is 0 Å². The molecule has 2 aromatic rings. The number of piperidine rings is 3. The number of carbonyl (C=O) groups excluding carboxylic acids is 2. The van der Waals surface area contributed by atoms with Crippen molar-refractivity contribution in [2.24, 2.45) is 13.0 Å². The summed E-state index contributed by atoms with van der Waals surface area (Å²) in [6.45, 7) is 3.01. The maximum atomic E-state index is 12.7. The fraction of sp³-hybridized carbons (Fsp3) is 0.421. The van der Waals surface area contributed by atoms with Crippen LogP contribution >= 0.6 is 12.4 Å². The van der Waals surface area contributed by atoms with Crippen molar-refractivity contribution in [2.45, 2.75) is 18.9 Å². The number of rotatable bonds is 3. The van der Waals surface area contributed by atoms with E-state index in [1.807, 2.05) is 11.6 Å². The largest absolute Gasteiger partial charge is 0.350 e. The van der Waals surface area contributed by atoms with E-state index in [0.29, 0.717) is 22.4 Å². The summed E-state index contributed by atoms with van der Waals surface area (Å²) < 4.78 is 1.81. The summed E-state index contributed by atoms with van der Waals surface area (Å²) in [7, 11) is 1.83. The van der Waals surface area contributed by atoms with E-state index in [1.165, 1.54) is 0 Å². The zero-order valence-corrected chi connectivity index (χ0v) is 15.4. The molecule has 5 rings (SSSR count). The number of hydrogen-bond acceptors (Lipinski definition) is 4. The van der Waals surface area contributed by atoms with Crippen LogP contribution in [0.3, 0.4) is 0 Å². The van der Waals surface area contributed by atoms with E-state index in [0.717, 1.165) is 38.0 Å². The summed E-state index contributed by atoms with van der Waals surface area (Å²) in [6, 6.07) is 7.32. The lowest BCUT2D eigenvalue weighted by molar-refractivity contribution is -0.119. The van der Waals surface area contributed by atoms with Crippen molar-refractivity contribution in [1.82, 2.24) is 14.8 Å². The van der Waals surface area contributed by atoms with Crippen LogP contribution in [0.4, 0.5) is 0 Å². The summed E-state index contributed by atoms with van der Waals surface area (Å²) in [6.07, 6.45) is 3.84. The van der Waals surface area contributed by atoms with E-state index in [4.69, 9.17) is 5.26 Å². The topological polar surface area (TPSA) is 78.1 Å². The molecule has 26 heavy (non-hydrogen) atoms. The van der Waals surface area contributed by atoms with Gasteiger partial charge >= 0.3 is 0 Å². The van der Waals surface area contributed by atoms with Crippen LogP contribution in [-0.2, 0) is 11.8 Å². The zero-order chi connectivity index (χ0) is 17.6. The van der Waals surface area contributed by atoms with Gasteiger partial charge in [0.25, 0.3) is 11.7 Å². The second-order valence-corrected chi connectivity index (χ2v) is 7.04. The normalized spacial score (nSPS) is 23.9. The van der Waals surface area contributed by atoms with Gasteiger partial charge in [-0.25, -0.2) is 0 Å². The van der Waals surface area contributed by atoms with Crippen molar-refractivity contribution in [1.29, 1.82) is 5.26 Å². The fourth-order valence-electron chi connectivity index (χ4n) is 4.13. The monoisotopic (exact) mass is 372 g/mol. The van der Waals surface area contributed by atoms with Crippen LogP contribution in [0.5, 0.6) is 0 Å². The SMILES string of the molecule is Cl.Cn1cc(C(=O)C(=O)NC2CN3CCC2CC3)c2cc(C#N)ccc21. The Bertz CT molecular complexity index is 906. The molecule has 0 radical (unpaired) electrons. The first kappa shape index (κ1) is 18.4. The Morgan fingerprint density at radius 1 is 1.27 bits per heavy atom. The van der Waals surface area contributed by atoms with Gasteiger partial charge < -0.3 is 14.8 Å². The molecule has 0 saturated carbocycles. The van der Waals surface area contributed by atoms with Crippen molar-refractivity contribution in [3.8, 4) is 6.07 Å². The predicted octanol–water partition coefficient (Wildman–Crippen LogP) is 1.86. The third-order valence-electron chi connectivity index (χ3n) is 5.54. The molecule has 3 saturated heterocycles. The van der Waals surface area contributed by atoms with Gasteiger partial charge in [0.05, 0.1) is 17.2 Å². The molecule has 1 amide bonds. The van der Waals surface area contributed by atoms with E-state index in [1.54, 1.807) is 24.4 Å². The number of nitrogens with zero attached hydrogens (tertiary/aromatic N) is 3. The fourth-order valence-corrected chi connectivity index (χ4v) is 4.13. The Morgan fingerprint density at radius 3 is 2.62 bits per heavy atom. The van der Waals surface area contributed by atoms with Gasteiger partial charge in [-0.15, -0.1) is 12.4 Å². The number of nitrogens with one attached hydrogen (secondary N) is 1. The van der Waals surface area contributed by atoms with Crippen LogP contribution in [-0.4, -0.2) is 46.8 Å². The lowest BCUT2D eigenvalue weighted by atomic mass is 9.84. The lowest BCUT2D eigenvalue weighted by Crippen LogP contribution is -2.58. The zero-order valence-electron chi connectivity index (χ0n) is 14.6. The molecule has 1 aromatic carbocycles.